The summed E-state index contributed by atoms with van der Waals surface area (Å²) in [6.45, 7) is 4.22. The molecule has 4 bridgehead atoms. The highest BCUT2D eigenvalue weighted by molar-refractivity contribution is 5.28. The Morgan fingerprint density at radius 1 is 1.15 bits per heavy atom. The molecule has 1 heterocycles. The van der Waals surface area contributed by atoms with Crippen molar-refractivity contribution in [2.24, 2.45) is 29.4 Å². The second-order valence-electron chi connectivity index (χ2n) is 7.75. The molecule has 0 radical (unpaired) electrons. The molecule has 2 N–H and O–H groups in total. The molecule has 3 nitrogen and oxygen atoms in total. The van der Waals surface area contributed by atoms with E-state index < -0.39 is 0 Å². The van der Waals surface area contributed by atoms with Gasteiger partial charge in [-0.05, 0) is 69.6 Å². The third-order valence-corrected chi connectivity index (χ3v) is 6.11. The van der Waals surface area contributed by atoms with Crippen LogP contribution in [0.25, 0.3) is 0 Å². The van der Waals surface area contributed by atoms with Gasteiger partial charge in [-0.25, -0.2) is 0 Å². The summed E-state index contributed by atoms with van der Waals surface area (Å²) in [5, 5.41) is 4.48. The zero-order valence-corrected chi connectivity index (χ0v) is 12.6. The highest BCUT2D eigenvalue weighted by Crippen LogP contribution is 2.59. The van der Waals surface area contributed by atoms with Crippen LogP contribution in [0.1, 0.15) is 62.0 Å². The number of nitrogens with two attached hydrogens (primary N) is 1. The number of nitrogens with zero attached hydrogens (tertiary/aromatic N) is 1. The molecule has 0 spiro atoms. The first-order valence-corrected chi connectivity index (χ1v) is 8.32. The standard InChI is InChI=1S/C17H26N2O/c1-9(18)3-15-10(2)17(19-20-15)16-13-5-11-4-12(7-13)8-14(16)6-11/h9,11-14,16H,3-8,18H2,1-2H3. The van der Waals surface area contributed by atoms with Crippen molar-refractivity contribution in [3.05, 3.63) is 17.0 Å². The van der Waals surface area contributed by atoms with Crippen molar-refractivity contribution in [2.75, 3.05) is 0 Å². The van der Waals surface area contributed by atoms with Gasteiger partial charge in [-0.3, -0.25) is 0 Å². The predicted octanol–water partition coefficient (Wildman–Crippen LogP) is 3.41. The van der Waals surface area contributed by atoms with Gasteiger partial charge in [0.05, 0.1) is 5.69 Å². The van der Waals surface area contributed by atoms with E-state index in [4.69, 9.17) is 10.3 Å². The first kappa shape index (κ1) is 12.9. The molecule has 0 amide bonds. The molecule has 4 aliphatic rings. The Hall–Kier alpha value is -0.830. The van der Waals surface area contributed by atoms with Crippen molar-refractivity contribution in [1.29, 1.82) is 0 Å². The van der Waals surface area contributed by atoms with E-state index in [1.54, 1.807) is 0 Å². The Kier molecular flexibility index (Phi) is 2.95. The first-order chi connectivity index (χ1) is 9.61. The number of hydrogen-bond donors (Lipinski definition) is 1. The van der Waals surface area contributed by atoms with Crippen LogP contribution in [0.3, 0.4) is 0 Å². The molecular weight excluding hydrogens is 248 g/mol. The fourth-order valence-corrected chi connectivity index (χ4v) is 5.55. The minimum absolute atomic E-state index is 0.146. The summed E-state index contributed by atoms with van der Waals surface area (Å²) in [6.07, 6.45) is 8.07. The molecular formula is C17H26N2O. The summed E-state index contributed by atoms with van der Waals surface area (Å²) in [5.41, 5.74) is 8.47. The van der Waals surface area contributed by atoms with Crippen molar-refractivity contribution in [3.63, 3.8) is 0 Å². The molecule has 0 aromatic carbocycles. The van der Waals surface area contributed by atoms with Gasteiger partial charge in [-0.2, -0.15) is 0 Å². The van der Waals surface area contributed by atoms with Crippen LogP contribution < -0.4 is 5.73 Å². The summed E-state index contributed by atoms with van der Waals surface area (Å²) < 4.78 is 5.63. The predicted molar refractivity (Wildman–Crippen MR) is 78.4 cm³/mol. The molecule has 1 aromatic heterocycles. The Morgan fingerprint density at radius 2 is 1.75 bits per heavy atom. The van der Waals surface area contributed by atoms with Crippen molar-refractivity contribution in [1.82, 2.24) is 5.16 Å². The lowest BCUT2D eigenvalue weighted by atomic mass is 9.51. The van der Waals surface area contributed by atoms with E-state index in [0.717, 1.165) is 35.9 Å². The zero-order valence-electron chi connectivity index (χ0n) is 12.6. The molecule has 0 aliphatic heterocycles. The molecule has 4 fully saturated rings. The minimum atomic E-state index is 0.146. The molecule has 4 saturated carbocycles. The van der Waals surface area contributed by atoms with E-state index in [0.29, 0.717) is 5.92 Å². The molecule has 4 aliphatic carbocycles. The number of hydrogen-bond acceptors (Lipinski definition) is 3. The van der Waals surface area contributed by atoms with Gasteiger partial charge < -0.3 is 10.3 Å². The Labute approximate surface area is 121 Å². The molecule has 1 atom stereocenters. The monoisotopic (exact) mass is 274 g/mol. The van der Waals surface area contributed by atoms with Gasteiger partial charge in [-0.1, -0.05) is 5.16 Å². The average molecular weight is 274 g/mol. The smallest absolute Gasteiger partial charge is 0.141 e. The number of rotatable bonds is 3. The van der Waals surface area contributed by atoms with Crippen LogP contribution in [0.5, 0.6) is 0 Å². The van der Waals surface area contributed by atoms with Gasteiger partial charge in [0.25, 0.3) is 0 Å². The van der Waals surface area contributed by atoms with Gasteiger partial charge in [0.15, 0.2) is 0 Å². The van der Waals surface area contributed by atoms with Gasteiger partial charge >= 0.3 is 0 Å². The lowest BCUT2D eigenvalue weighted by molar-refractivity contribution is -0.00524. The SMILES string of the molecule is Cc1c(C2C3CC4CC(C3)CC2C4)noc1CC(C)N. The Bertz CT molecular complexity index is 477. The first-order valence-electron chi connectivity index (χ1n) is 8.32. The van der Waals surface area contributed by atoms with E-state index >= 15 is 0 Å². The molecule has 5 rings (SSSR count). The highest BCUT2D eigenvalue weighted by atomic mass is 16.5. The van der Waals surface area contributed by atoms with Crippen LogP contribution in [0.4, 0.5) is 0 Å². The van der Waals surface area contributed by atoms with Crippen molar-refractivity contribution in [2.45, 2.75) is 64.3 Å². The van der Waals surface area contributed by atoms with Crippen molar-refractivity contribution >= 4 is 0 Å². The van der Waals surface area contributed by atoms with Crippen LogP contribution in [-0.4, -0.2) is 11.2 Å². The molecule has 20 heavy (non-hydrogen) atoms. The lowest BCUT2D eigenvalue weighted by Gasteiger charge is -2.54. The lowest BCUT2D eigenvalue weighted by Crippen LogP contribution is -2.44. The van der Waals surface area contributed by atoms with Crippen LogP contribution >= 0.6 is 0 Å². The summed E-state index contributed by atoms with van der Waals surface area (Å²) >= 11 is 0. The van der Waals surface area contributed by atoms with Crippen LogP contribution in [0.15, 0.2) is 4.52 Å². The fourth-order valence-electron chi connectivity index (χ4n) is 5.55. The summed E-state index contributed by atoms with van der Waals surface area (Å²) in [5.74, 6) is 5.47. The van der Waals surface area contributed by atoms with Gasteiger partial charge in [0, 0.05) is 23.9 Å². The van der Waals surface area contributed by atoms with Crippen LogP contribution in [0, 0.1) is 30.6 Å². The van der Waals surface area contributed by atoms with E-state index in [2.05, 4.69) is 12.1 Å². The van der Waals surface area contributed by atoms with E-state index in [-0.39, 0.29) is 6.04 Å². The molecule has 3 heteroatoms. The van der Waals surface area contributed by atoms with E-state index in [9.17, 15) is 0 Å². The van der Waals surface area contributed by atoms with Gasteiger partial charge in [-0.15, -0.1) is 0 Å². The third-order valence-electron chi connectivity index (χ3n) is 6.11. The summed E-state index contributed by atoms with van der Waals surface area (Å²) in [7, 11) is 0. The third kappa shape index (κ3) is 1.93. The van der Waals surface area contributed by atoms with Crippen LogP contribution in [-0.2, 0) is 6.42 Å². The topological polar surface area (TPSA) is 52.0 Å². The molecule has 0 saturated heterocycles. The second-order valence-corrected chi connectivity index (χ2v) is 7.75. The largest absolute Gasteiger partial charge is 0.361 e. The normalized spacial score (nSPS) is 40.2. The Balaban J connectivity index is 1.63. The van der Waals surface area contributed by atoms with Crippen molar-refractivity contribution < 1.29 is 4.52 Å². The highest BCUT2D eigenvalue weighted by Gasteiger charge is 2.50. The number of aromatic nitrogens is 1. The van der Waals surface area contributed by atoms with E-state index in [1.165, 1.54) is 43.4 Å². The zero-order chi connectivity index (χ0) is 13.9. The van der Waals surface area contributed by atoms with Crippen molar-refractivity contribution in [3.8, 4) is 0 Å². The molecule has 1 aromatic rings. The summed E-state index contributed by atoms with van der Waals surface area (Å²) in [4.78, 5) is 0. The van der Waals surface area contributed by atoms with Gasteiger partial charge in [0.1, 0.15) is 5.76 Å². The summed E-state index contributed by atoms with van der Waals surface area (Å²) in [6, 6.07) is 0.146. The molecule has 110 valence electrons. The second kappa shape index (κ2) is 4.59. The quantitative estimate of drug-likeness (QED) is 0.919. The Morgan fingerprint density at radius 3 is 2.30 bits per heavy atom. The fraction of sp³-hybridized carbons (Fsp3) is 0.824. The van der Waals surface area contributed by atoms with E-state index in [1.807, 2.05) is 6.92 Å². The maximum absolute atomic E-state index is 5.91. The van der Waals surface area contributed by atoms with Gasteiger partial charge in [0.2, 0.25) is 0 Å². The maximum atomic E-state index is 5.91. The van der Waals surface area contributed by atoms with Crippen LogP contribution in [0.2, 0.25) is 0 Å². The molecule has 1 unspecified atom stereocenters. The minimum Gasteiger partial charge on any atom is -0.361 e. The maximum Gasteiger partial charge on any atom is 0.141 e. The average Bonchev–Trinajstić information content (AvgIpc) is 2.70.